The van der Waals surface area contributed by atoms with Crippen LogP contribution in [0.5, 0.6) is 0 Å². The van der Waals surface area contributed by atoms with Crippen LogP contribution >= 0.6 is 0 Å². The first-order valence-electron chi connectivity index (χ1n) is 7.36. The molecular formula is C15H24N2O3. The fraction of sp³-hybridized carbons (Fsp3) is 0.800. The molecule has 2 heterocycles. The van der Waals surface area contributed by atoms with E-state index in [9.17, 15) is 14.4 Å². The molecule has 20 heavy (non-hydrogen) atoms. The second-order valence-electron chi connectivity index (χ2n) is 6.66. The topological polar surface area (TPSA) is 57.7 Å². The summed E-state index contributed by atoms with van der Waals surface area (Å²) in [7, 11) is 0. The van der Waals surface area contributed by atoms with E-state index in [4.69, 9.17) is 0 Å². The number of hydrogen-bond acceptors (Lipinski definition) is 3. The van der Waals surface area contributed by atoms with Crippen LogP contribution in [0.1, 0.15) is 40.5 Å². The van der Waals surface area contributed by atoms with Crippen molar-refractivity contribution >= 4 is 17.6 Å². The second-order valence-corrected chi connectivity index (χ2v) is 6.66. The number of carbonyl (C=O) groups excluding carboxylic acids is 3. The lowest BCUT2D eigenvalue weighted by atomic mass is 9.64. The lowest BCUT2D eigenvalue weighted by Gasteiger charge is -2.55. The van der Waals surface area contributed by atoms with Crippen LogP contribution < -0.4 is 0 Å². The summed E-state index contributed by atoms with van der Waals surface area (Å²) in [5.74, 6) is 0.376. The van der Waals surface area contributed by atoms with E-state index < -0.39 is 10.8 Å². The maximum Gasteiger partial charge on any atom is 0.222 e. The van der Waals surface area contributed by atoms with E-state index in [0.717, 1.165) is 0 Å². The maximum atomic E-state index is 12.7. The molecule has 2 saturated heterocycles. The van der Waals surface area contributed by atoms with E-state index in [2.05, 4.69) is 0 Å². The molecule has 0 atom stereocenters. The molecule has 0 unspecified atom stereocenters. The highest BCUT2D eigenvalue weighted by molar-refractivity contribution is 5.95. The Morgan fingerprint density at radius 1 is 0.900 bits per heavy atom. The maximum absolute atomic E-state index is 12.7. The van der Waals surface area contributed by atoms with Crippen molar-refractivity contribution in [3.05, 3.63) is 0 Å². The number of likely N-dealkylation sites (tertiary alicyclic amines) is 2. The van der Waals surface area contributed by atoms with Gasteiger partial charge >= 0.3 is 0 Å². The molecule has 0 aromatic carbocycles. The number of Topliss-reactive ketones (excluding diaryl/α,β-unsaturated/α-hetero) is 1. The molecule has 0 aromatic rings. The van der Waals surface area contributed by atoms with Gasteiger partial charge in [-0.25, -0.2) is 0 Å². The molecule has 2 amide bonds. The third-order valence-electron chi connectivity index (χ3n) is 4.57. The predicted molar refractivity (Wildman–Crippen MR) is 75.0 cm³/mol. The van der Waals surface area contributed by atoms with Gasteiger partial charge in [-0.2, -0.15) is 0 Å². The van der Waals surface area contributed by atoms with Crippen molar-refractivity contribution in [2.24, 2.45) is 10.8 Å². The first-order valence-corrected chi connectivity index (χ1v) is 7.36. The van der Waals surface area contributed by atoms with Gasteiger partial charge in [0.15, 0.2) is 5.78 Å². The van der Waals surface area contributed by atoms with Gasteiger partial charge in [0.05, 0.1) is 10.8 Å². The molecule has 5 nitrogen and oxygen atoms in total. The molecule has 5 heteroatoms. The van der Waals surface area contributed by atoms with Crippen molar-refractivity contribution in [1.29, 1.82) is 0 Å². The summed E-state index contributed by atoms with van der Waals surface area (Å²) in [6.45, 7) is 9.18. The zero-order chi connectivity index (χ0) is 15.1. The number of amides is 2. The summed E-state index contributed by atoms with van der Waals surface area (Å²) in [5.41, 5.74) is -1.25. The highest BCUT2D eigenvalue weighted by Crippen LogP contribution is 2.42. The largest absolute Gasteiger partial charge is 0.341 e. The number of piperidine rings is 2. The van der Waals surface area contributed by atoms with Crippen LogP contribution in [0.4, 0.5) is 0 Å². The first kappa shape index (κ1) is 15.0. The lowest BCUT2D eigenvalue weighted by Crippen LogP contribution is -2.69. The van der Waals surface area contributed by atoms with Crippen molar-refractivity contribution in [3.63, 3.8) is 0 Å². The molecule has 2 bridgehead atoms. The summed E-state index contributed by atoms with van der Waals surface area (Å²) >= 11 is 0. The molecule has 0 aromatic heterocycles. The van der Waals surface area contributed by atoms with Crippen molar-refractivity contribution in [3.8, 4) is 0 Å². The van der Waals surface area contributed by atoms with Crippen LogP contribution in [0, 0.1) is 10.8 Å². The van der Waals surface area contributed by atoms with Crippen molar-refractivity contribution in [1.82, 2.24) is 9.80 Å². The van der Waals surface area contributed by atoms with E-state index in [0.29, 0.717) is 39.0 Å². The predicted octanol–water partition coefficient (Wildman–Crippen LogP) is 1.07. The second kappa shape index (κ2) is 4.86. The van der Waals surface area contributed by atoms with E-state index in [1.807, 2.05) is 27.7 Å². The van der Waals surface area contributed by atoms with E-state index in [1.165, 1.54) is 0 Å². The average Bonchev–Trinajstić information content (AvgIpc) is 2.40. The zero-order valence-electron chi connectivity index (χ0n) is 12.9. The van der Waals surface area contributed by atoms with Gasteiger partial charge in [0.1, 0.15) is 0 Å². The summed E-state index contributed by atoms with van der Waals surface area (Å²) < 4.78 is 0. The van der Waals surface area contributed by atoms with E-state index in [1.54, 1.807) is 9.80 Å². The monoisotopic (exact) mass is 280 g/mol. The van der Waals surface area contributed by atoms with E-state index in [-0.39, 0.29) is 17.6 Å². The Labute approximate surface area is 120 Å². The molecule has 2 aliphatic rings. The number of fused-ring (bicyclic) bond motifs is 2. The zero-order valence-corrected chi connectivity index (χ0v) is 12.9. The number of hydrogen-bond donors (Lipinski definition) is 0. The third kappa shape index (κ3) is 2.23. The highest BCUT2D eigenvalue weighted by atomic mass is 16.2. The van der Waals surface area contributed by atoms with Gasteiger partial charge in [-0.05, 0) is 13.8 Å². The van der Waals surface area contributed by atoms with Crippen LogP contribution in [0.25, 0.3) is 0 Å². The minimum absolute atomic E-state index is 0.0882. The molecule has 0 radical (unpaired) electrons. The lowest BCUT2D eigenvalue weighted by molar-refractivity contribution is -0.166. The number of nitrogens with zero attached hydrogens (tertiary/aromatic N) is 2. The minimum Gasteiger partial charge on any atom is -0.341 e. The molecule has 112 valence electrons. The highest BCUT2D eigenvalue weighted by Gasteiger charge is 2.56. The van der Waals surface area contributed by atoms with Gasteiger partial charge in [0.25, 0.3) is 0 Å². The average molecular weight is 280 g/mol. The minimum atomic E-state index is -0.624. The smallest absolute Gasteiger partial charge is 0.222 e. The Balaban J connectivity index is 2.31. The SMILES string of the molecule is CCC(=O)N1CC2(C)CN(C(=O)CC)CC(C)(C1)C2=O. The molecule has 0 spiro atoms. The normalized spacial score (nSPS) is 33.3. The van der Waals surface area contributed by atoms with E-state index >= 15 is 0 Å². The molecule has 0 aliphatic carbocycles. The Morgan fingerprint density at radius 2 is 1.20 bits per heavy atom. The quantitative estimate of drug-likeness (QED) is 0.760. The number of rotatable bonds is 2. The Morgan fingerprint density at radius 3 is 1.45 bits per heavy atom. The third-order valence-corrected chi connectivity index (χ3v) is 4.57. The number of carbonyl (C=O) groups is 3. The Bertz CT molecular complexity index is 406. The molecule has 0 saturated carbocycles. The van der Waals surface area contributed by atoms with Gasteiger partial charge in [-0.3, -0.25) is 14.4 Å². The molecule has 0 N–H and O–H groups in total. The van der Waals surface area contributed by atoms with Crippen LogP contribution in [0.3, 0.4) is 0 Å². The van der Waals surface area contributed by atoms with Gasteiger partial charge in [-0.1, -0.05) is 13.8 Å². The van der Waals surface area contributed by atoms with Crippen LogP contribution in [-0.2, 0) is 14.4 Å². The summed E-state index contributed by atoms with van der Waals surface area (Å²) in [6.07, 6.45) is 0.913. The van der Waals surface area contributed by atoms with Crippen LogP contribution in [-0.4, -0.2) is 53.6 Å². The Kier molecular flexibility index (Phi) is 3.65. The van der Waals surface area contributed by atoms with Crippen molar-refractivity contribution < 1.29 is 14.4 Å². The number of ketones is 1. The summed E-state index contributed by atoms with van der Waals surface area (Å²) in [5, 5.41) is 0. The van der Waals surface area contributed by atoms with Gasteiger partial charge in [0, 0.05) is 39.0 Å². The van der Waals surface area contributed by atoms with Crippen molar-refractivity contribution in [2.75, 3.05) is 26.2 Å². The fourth-order valence-electron chi connectivity index (χ4n) is 3.71. The van der Waals surface area contributed by atoms with Crippen LogP contribution in [0.2, 0.25) is 0 Å². The molecule has 2 fully saturated rings. The summed E-state index contributed by atoms with van der Waals surface area (Å²) in [4.78, 5) is 40.3. The molecule has 2 aliphatic heterocycles. The van der Waals surface area contributed by atoms with Gasteiger partial charge < -0.3 is 9.80 Å². The fourth-order valence-corrected chi connectivity index (χ4v) is 3.71. The van der Waals surface area contributed by atoms with Gasteiger partial charge in [0.2, 0.25) is 11.8 Å². The Hall–Kier alpha value is -1.39. The first-order chi connectivity index (χ1) is 9.25. The molecule has 2 rings (SSSR count). The van der Waals surface area contributed by atoms with Crippen LogP contribution in [0.15, 0.2) is 0 Å². The summed E-state index contributed by atoms with van der Waals surface area (Å²) in [6, 6.07) is 0. The van der Waals surface area contributed by atoms with Gasteiger partial charge in [-0.15, -0.1) is 0 Å². The molecular weight excluding hydrogens is 256 g/mol. The standard InChI is InChI=1S/C15H24N2O3/c1-5-11(18)16-7-14(3)9-17(12(19)6-2)10-15(4,8-16)13(14)20/h5-10H2,1-4H3. The van der Waals surface area contributed by atoms with Crippen molar-refractivity contribution in [2.45, 2.75) is 40.5 Å².